The summed E-state index contributed by atoms with van der Waals surface area (Å²) in [4.78, 5) is 0.290. The van der Waals surface area contributed by atoms with Crippen molar-refractivity contribution in [3.63, 3.8) is 0 Å². The second-order valence-electron chi connectivity index (χ2n) is 4.85. The minimum absolute atomic E-state index is 0.290. The molecule has 0 aliphatic carbocycles. The van der Waals surface area contributed by atoms with E-state index >= 15 is 0 Å². The van der Waals surface area contributed by atoms with Crippen molar-refractivity contribution < 1.29 is 8.42 Å². The van der Waals surface area contributed by atoms with Crippen molar-refractivity contribution in [3.05, 3.63) is 58.1 Å². The fraction of sp³-hybridized carbons (Fsp3) is 0.133. The predicted octanol–water partition coefficient (Wildman–Crippen LogP) is 3.88. The average Bonchev–Trinajstić information content (AvgIpc) is 2.48. The number of hydrogen-bond acceptors (Lipinski definition) is 3. The van der Waals surface area contributed by atoms with Crippen LogP contribution in [0.5, 0.6) is 0 Å². The van der Waals surface area contributed by atoms with Gasteiger partial charge in [0, 0.05) is 18.5 Å². The minimum atomic E-state index is -3.18. The van der Waals surface area contributed by atoms with Gasteiger partial charge in [0.05, 0.1) is 14.9 Å². The van der Waals surface area contributed by atoms with Crippen molar-refractivity contribution in [1.29, 1.82) is 0 Å². The van der Waals surface area contributed by atoms with Gasteiger partial charge < -0.3 is 10.6 Å². The molecule has 0 saturated carbocycles. The highest BCUT2D eigenvalue weighted by atomic mass is 35.5. The number of sulfone groups is 1. The molecule has 2 rings (SSSR count). The largest absolute Gasteiger partial charge is 0.358 e. The summed E-state index contributed by atoms with van der Waals surface area (Å²) < 4.78 is 22.8. The molecule has 0 spiro atoms. The van der Waals surface area contributed by atoms with Gasteiger partial charge in [0.2, 0.25) is 0 Å². The summed E-state index contributed by atoms with van der Waals surface area (Å²) in [7, 11) is -3.18. The Morgan fingerprint density at radius 2 is 1.74 bits per heavy atom. The number of halogens is 2. The van der Waals surface area contributed by atoms with Gasteiger partial charge in [-0.1, -0.05) is 35.3 Å². The summed E-state index contributed by atoms with van der Waals surface area (Å²) in [5.41, 5.74) is 1.64. The molecule has 0 bridgehead atoms. The van der Waals surface area contributed by atoms with Gasteiger partial charge in [-0.25, -0.2) is 8.42 Å². The molecule has 2 aromatic rings. The van der Waals surface area contributed by atoms with Crippen molar-refractivity contribution in [3.8, 4) is 0 Å². The van der Waals surface area contributed by atoms with E-state index in [1.165, 1.54) is 6.26 Å². The van der Waals surface area contributed by atoms with Crippen molar-refractivity contribution in [2.45, 2.75) is 11.4 Å². The lowest BCUT2D eigenvalue weighted by atomic mass is 10.2. The van der Waals surface area contributed by atoms with Crippen LogP contribution < -0.4 is 10.6 Å². The van der Waals surface area contributed by atoms with Crippen LogP contribution in [-0.2, 0) is 16.4 Å². The van der Waals surface area contributed by atoms with E-state index < -0.39 is 9.84 Å². The van der Waals surface area contributed by atoms with Crippen molar-refractivity contribution in [2.75, 3.05) is 11.6 Å². The molecular weight excluding hydrogens is 375 g/mol. The van der Waals surface area contributed by atoms with E-state index in [1.54, 1.807) is 42.5 Å². The highest BCUT2D eigenvalue weighted by molar-refractivity contribution is 7.90. The molecule has 0 atom stereocenters. The van der Waals surface area contributed by atoms with E-state index in [2.05, 4.69) is 10.6 Å². The highest BCUT2D eigenvalue weighted by Crippen LogP contribution is 2.24. The molecule has 0 heterocycles. The van der Waals surface area contributed by atoms with E-state index in [1.807, 2.05) is 0 Å². The Hall–Kier alpha value is -1.34. The lowest BCUT2D eigenvalue weighted by Crippen LogP contribution is -2.27. The van der Waals surface area contributed by atoms with Crippen LogP contribution in [0.3, 0.4) is 0 Å². The maximum absolute atomic E-state index is 11.4. The van der Waals surface area contributed by atoms with Gasteiger partial charge in [-0.3, -0.25) is 0 Å². The molecule has 0 saturated heterocycles. The zero-order valence-corrected chi connectivity index (χ0v) is 15.3. The molecule has 122 valence electrons. The first-order valence-electron chi connectivity index (χ1n) is 6.54. The predicted molar refractivity (Wildman–Crippen MR) is 99.1 cm³/mol. The van der Waals surface area contributed by atoms with E-state index in [0.717, 1.165) is 11.3 Å². The number of hydrogen-bond donors (Lipinski definition) is 2. The second kappa shape index (κ2) is 7.49. The first-order valence-corrected chi connectivity index (χ1v) is 9.60. The van der Waals surface area contributed by atoms with Crippen molar-refractivity contribution in [2.24, 2.45) is 0 Å². The third kappa shape index (κ3) is 5.35. The first kappa shape index (κ1) is 18.0. The van der Waals surface area contributed by atoms with Gasteiger partial charge in [0.1, 0.15) is 0 Å². The third-order valence-corrected chi connectivity index (χ3v) is 5.10. The number of rotatable bonds is 4. The highest BCUT2D eigenvalue weighted by Gasteiger charge is 2.06. The van der Waals surface area contributed by atoms with Crippen LogP contribution in [0.1, 0.15) is 5.56 Å². The van der Waals surface area contributed by atoms with Gasteiger partial charge in [0.25, 0.3) is 0 Å². The summed E-state index contributed by atoms with van der Waals surface area (Å²) >= 11 is 17.0. The Morgan fingerprint density at radius 1 is 1.09 bits per heavy atom. The third-order valence-electron chi connectivity index (χ3n) is 2.98. The summed E-state index contributed by atoms with van der Waals surface area (Å²) in [6, 6.07) is 11.8. The fourth-order valence-electron chi connectivity index (χ4n) is 1.79. The minimum Gasteiger partial charge on any atom is -0.358 e. The zero-order valence-electron chi connectivity index (χ0n) is 12.1. The number of nitrogens with one attached hydrogen (secondary N) is 2. The zero-order chi connectivity index (χ0) is 17.0. The summed E-state index contributed by atoms with van der Waals surface area (Å²) in [5.74, 6) is 0. The van der Waals surface area contributed by atoms with Crippen LogP contribution in [0, 0.1) is 0 Å². The Morgan fingerprint density at radius 3 is 2.30 bits per heavy atom. The van der Waals surface area contributed by atoms with Crippen LogP contribution in [0.4, 0.5) is 5.69 Å². The molecule has 0 radical (unpaired) electrons. The van der Waals surface area contributed by atoms with E-state index in [4.69, 9.17) is 35.4 Å². The smallest absolute Gasteiger partial charge is 0.175 e. The van der Waals surface area contributed by atoms with Crippen LogP contribution in [0.2, 0.25) is 10.0 Å². The van der Waals surface area contributed by atoms with E-state index in [-0.39, 0.29) is 4.90 Å². The quantitative estimate of drug-likeness (QED) is 0.778. The standard InChI is InChI=1S/C15H14Cl2N2O2S2/c1-23(20,21)12-5-2-10(3-6-12)9-18-15(22)19-11-4-7-13(16)14(17)8-11/h2-8H,9H2,1H3,(H2,18,19,22). The monoisotopic (exact) mass is 388 g/mol. The number of benzene rings is 2. The van der Waals surface area contributed by atoms with Gasteiger partial charge >= 0.3 is 0 Å². The fourth-order valence-corrected chi connectivity index (χ4v) is 2.90. The molecule has 0 unspecified atom stereocenters. The van der Waals surface area contributed by atoms with Crippen LogP contribution in [0.25, 0.3) is 0 Å². The van der Waals surface area contributed by atoms with Crippen LogP contribution >= 0.6 is 35.4 Å². The van der Waals surface area contributed by atoms with Gasteiger partial charge in [-0.05, 0) is 48.1 Å². The summed E-state index contributed by atoms with van der Waals surface area (Å²) in [6.45, 7) is 0.469. The van der Waals surface area contributed by atoms with Crippen LogP contribution in [0.15, 0.2) is 47.4 Å². The van der Waals surface area contributed by atoms with Gasteiger partial charge in [0.15, 0.2) is 14.9 Å². The molecule has 2 aromatic carbocycles. The normalized spacial score (nSPS) is 11.1. The van der Waals surface area contributed by atoms with Crippen LogP contribution in [-0.4, -0.2) is 19.8 Å². The average molecular weight is 389 g/mol. The SMILES string of the molecule is CS(=O)(=O)c1ccc(CNC(=S)Nc2ccc(Cl)c(Cl)c2)cc1. The Bertz CT molecular complexity index is 822. The molecule has 0 amide bonds. The molecule has 0 aliphatic rings. The maximum Gasteiger partial charge on any atom is 0.175 e. The molecule has 4 nitrogen and oxygen atoms in total. The molecule has 8 heteroatoms. The molecular formula is C15H14Cl2N2O2S2. The molecule has 0 aliphatic heterocycles. The van der Waals surface area contributed by atoms with Crippen molar-refractivity contribution in [1.82, 2.24) is 5.32 Å². The lowest BCUT2D eigenvalue weighted by molar-refractivity contribution is 0.602. The summed E-state index contributed by atoms with van der Waals surface area (Å²) in [5, 5.41) is 7.37. The molecule has 23 heavy (non-hydrogen) atoms. The maximum atomic E-state index is 11.4. The van der Waals surface area contributed by atoms with Gasteiger partial charge in [-0.15, -0.1) is 0 Å². The molecule has 0 aromatic heterocycles. The molecule has 0 fully saturated rings. The van der Waals surface area contributed by atoms with E-state index in [0.29, 0.717) is 21.7 Å². The number of thiocarbonyl (C=S) groups is 1. The second-order valence-corrected chi connectivity index (χ2v) is 8.09. The Balaban J connectivity index is 1.92. The lowest BCUT2D eigenvalue weighted by Gasteiger charge is -2.11. The van der Waals surface area contributed by atoms with Crippen molar-refractivity contribution >= 4 is 56.1 Å². The topological polar surface area (TPSA) is 58.2 Å². The molecule has 2 N–H and O–H groups in total. The summed E-state index contributed by atoms with van der Waals surface area (Å²) in [6.07, 6.45) is 1.18. The van der Waals surface area contributed by atoms with Gasteiger partial charge in [-0.2, -0.15) is 0 Å². The Kier molecular flexibility index (Phi) is 5.86. The Labute approximate surface area is 150 Å². The number of anilines is 1. The van der Waals surface area contributed by atoms with E-state index in [9.17, 15) is 8.42 Å². The first-order chi connectivity index (χ1) is 10.8.